The number of Topliss-reactive ketones (excluding diaryl/α,β-unsaturated/α-hetero) is 1. The summed E-state index contributed by atoms with van der Waals surface area (Å²) in [6.07, 6.45) is 4.15. The van der Waals surface area contributed by atoms with Crippen molar-refractivity contribution < 1.29 is 9.53 Å². The second-order valence-electron chi connectivity index (χ2n) is 5.59. The second-order valence-corrected chi connectivity index (χ2v) is 5.59. The van der Waals surface area contributed by atoms with Crippen molar-refractivity contribution >= 4 is 5.78 Å². The average molecular weight is 275 g/mol. The summed E-state index contributed by atoms with van der Waals surface area (Å²) < 4.78 is 5.80. The summed E-state index contributed by atoms with van der Waals surface area (Å²) in [5.41, 5.74) is 0.676. The molecule has 1 aromatic carbocycles. The molecule has 0 heterocycles. The van der Waals surface area contributed by atoms with Crippen LogP contribution < -0.4 is 4.74 Å². The summed E-state index contributed by atoms with van der Waals surface area (Å²) >= 11 is 0. The van der Waals surface area contributed by atoms with Gasteiger partial charge in [-0.05, 0) is 44.4 Å². The van der Waals surface area contributed by atoms with Gasteiger partial charge in [-0.3, -0.25) is 9.69 Å². The van der Waals surface area contributed by atoms with Crippen molar-refractivity contribution in [3.8, 4) is 5.75 Å². The van der Waals surface area contributed by atoms with Gasteiger partial charge < -0.3 is 4.74 Å². The van der Waals surface area contributed by atoms with Crippen LogP contribution in [0.25, 0.3) is 0 Å². The first-order chi connectivity index (χ1) is 9.70. The fourth-order valence-corrected chi connectivity index (χ4v) is 2.59. The molecule has 1 aliphatic rings. The van der Waals surface area contributed by atoms with Gasteiger partial charge in [0.1, 0.15) is 12.4 Å². The molecule has 3 nitrogen and oxygen atoms in total. The zero-order valence-electron chi connectivity index (χ0n) is 12.6. The molecule has 0 aliphatic heterocycles. The van der Waals surface area contributed by atoms with Crippen LogP contribution in [0.1, 0.15) is 43.5 Å². The summed E-state index contributed by atoms with van der Waals surface area (Å²) in [5.74, 6) is 1.65. The smallest absolute Gasteiger partial charge is 0.163 e. The standard InChI is InChI=1S/C17H25NO2/c1-3-18(13-15-7-6-8-15)11-12-20-17-10-5-4-9-16(17)14(2)19/h4-5,9-10,15H,3,6-8,11-13H2,1-2H3. The molecule has 0 aromatic heterocycles. The summed E-state index contributed by atoms with van der Waals surface area (Å²) in [7, 11) is 0. The molecule has 110 valence electrons. The third-order valence-corrected chi connectivity index (χ3v) is 4.12. The van der Waals surface area contributed by atoms with E-state index in [0.29, 0.717) is 17.9 Å². The Morgan fingerprint density at radius 2 is 2.10 bits per heavy atom. The monoisotopic (exact) mass is 275 g/mol. The number of para-hydroxylation sites is 1. The summed E-state index contributed by atoms with van der Waals surface area (Å²) in [6.45, 7) is 7.60. The Morgan fingerprint density at radius 3 is 2.70 bits per heavy atom. The molecule has 0 amide bonds. The first kappa shape index (κ1) is 15.0. The Balaban J connectivity index is 1.80. The highest BCUT2D eigenvalue weighted by atomic mass is 16.5. The predicted molar refractivity (Wildman–Crippen MR) is 81.4 cm³/mol. The van der Waals surface area contributed by atoms with Crippen LogP contribution in [0.5, 0.6) is 5.75 Å². The van der Waals surface area contributed by atoms with Gasteiger partial charge in [0, 0.05) is 13.1 Å². The average Bonchev–Trinajstić information content (AvgIpc) is 2.40. The Kier molecular flexibility index (Phi) is 5.60. The van der Waals surface area contributed by atoms with Crippen LogP contribution in [0.4, 0.5) is 0 Å². The molecule has 1 aromatic rings. The van der Waals surface area contributed by atoms with Crippen molar-refractivity contribution in [3.05, 3.63) is 29.8 Å². The Bertz CT molecular complexity index is 440. The minimum absolute atomic E-state index is 0.0578. The van der Waals surface area contributed by atoms with Gasteiger partial charge in [0.25, 0.3) is 0 Å². The number of rotatable bonds is 8. The van der Waals surface area contributed by atoms with Crippen molar-refractivity contribution in [1.29, 1.82) is 0 Å². The Labute approximate surface area is 121 Å². The molecule has 0 N–H and O–H groups in total. The van der Waals surface area contributed by atoms with Crippen LogP contribution in [0.3, 0.4) is 0 Å². The first-order valence-corrected chi connectivity index (χ1v) is 7.65. The van der Waals surface area contributed by atoms with Crippen LogP contribution in [0, 0.1) is 5.92 Å². The van der Waals surface area contributed by atoms with Crippen LogP contribution in [-0.4, -0.2) is 36.9 Å². The predicted octanol–water partition coefficient (Wildman–Crippen LogP) is 3.39. The van der Waals surface area contributed by atoms with E-state index in [4.69, 9.17) is 4.74 Å². The molecule has 0 bridgehead atoms. The number of ether oxygens (including phenoxy) is 1. The molecule has 1 aliphatic carbocycles. The topological polar surface area (TPSA) is 29.5 Å². The largest absolute Gasteiger partial charge is 0.491 e. The molecular formula is C17H25NO2. The zero-order chi connectivity index (χ0) is 14.4. The number of hydrogen-bond donors (Lipinski definition) is 0. The number of likely N-dealkylation sites (N-methyl/N-ethyl adjacent to an activating group) is 1. The lowest BCUT2D eigenvalue weighted by Crippen LogP contribution is -2.35. The highest BCUT2D eigenvalue weighted by molar-refractivity contribution is 5.96. The molecule has 1 saturated carbocycles. The maximum Gasteiger partial charge on any atom is 0.163 e. The van der Waals surface area contributed by atoms with Crippen LogP contribution in [-0.2, 0) is 0 Å². The van der Waals surface area contributed by atoms with Crippen molar-refractivity contribution in [2.45, 2.75) is 33.1 Å². The third-order valence-electron chi connectivity index (χ3n) is 4.12. The van der Waals surface area contributed by atoms with E-state index in [1.54, 1.807) is 6.92 Å². The van der Waals surface area contributed by atoms with Crippen molar-refractivity contribution in [2.24, 2.45) is 5.92 Å². The Hall–Kier alpha value is -1.35. The SMILES string of the molecule is CCN(CCOc1ccccc1C(C)=O)CC1CCC1. The summed E-state index contributed by atoms with van der Waals surface area (Å²) in [4.78, 5) is 14.0. The molecule has 3 heteroatoms. The van der Waals surface area contributed by atoms with Gasteiger partial charge in [0.05, 0.1) is 5.56 Å². The van der Waals surface area contributed by atoms with Gasteiger partial charge in [-0.25, -0.2) is 0 Å². The number of carbonyl (C=O) groups excluding carboxylic acids is 1. The van der Waals surface area contributed by atoms with Crippen molar-refractivity contribution in [3.63, 3.8) is 0 Å². The van der Waals surface area contributed by atoms with Gasteiger partial charge >= 0.3 is 0 Å². The van der Waals surface area contributed by atoms with E-state index in [1.807, 2.05) is 24.3 Å². The molecule has 20 heavy (non-hydrogen) atoms. The molecule has 0 atom stereocenters. The fraction of sp³-hybridized carbons (Fsp3) is 0.588. The zero-order valence-corrected chi connectivity index (χ0v) is 12.6. The minimum Gasteiger partial charge on any atom is -0.491 e. The second kappa shape index (κ2) is 7.44. The van der Waals surface area contributed by atoms with E-state index in [2.05, 4.69) is 11.8 Å². The van der Waals surface area contributed by atoms with E-state index >= 15 is 0 Å². The van der Waals surface area contributed by atoms with E-state index in [0.717, 1.165) is 19.0 Å². The van der Waals surface area contributed by atoms with Crippen molar-refractivity contribution in [2.75, 3.05) is 26.2 Å². The van der Waals surface area contributed by atoms with Gasteiger partial charge in [-0.2, -0.15) is 0 Å². The first-order valence-electron chi connectivity index (χ1n) is 7.65. The maximum absolute atomic E-state index is 11.5. The molecule has 0 unspecified atom stereocenters. The summed E-state index contributed by atoms with van der Waals surface area (Å²) in [5, 5.41) is 0. The van der Waals surface area contributed by atoms with Gasteiger partial charge in [-0.1, -0.05) is 25.5 Å². The third kappa shape index (κ3) is 4.07. The highest BCUT2D eigenvalue weighted by Crippen LogP contribution is 2.27. The van der Waals surface area contributed by atoms with E-state index < -0.39 is 0 Å². The minimum atomic E-state index is 0.0578. The van der Waals surface area contributed by atoms with Crippen LogP contribution >= 0.6 is 0 Å². The van der Waals surface area contributed by atoms with Gasteiger partial charge in [-0.15, -0.1) is 0 Å². The normalized spacial score (nSPS) is 15.2. The molecule has 2 rings (SSSR count). The molecule has 0 spiro atoms. The number of ketones is 1. The number of hydrogen-bond acceptors (Lipinski definition) is 3. The molecular weight excluding hydrogens is 250 g/mol. The Morgan fingerprint density at radius 1 is 1.35 bits per heavy atom. The number of benzene rings is 1. The lowest BCUT2D eigenvalue weighted by atomic mass is 9.85. The van der Waals surface area contributed by atoms with E-state index in [9.17, 15) is 4.79 Å². The number of carbonyl (C=O) groups is 1. The lowest BCUT2D eigenvalue weighted by Gasteiger charge is -2.31. The molecule has 0 radical (unpaired) electrons. The quantitative estimate of drug-likeness (QED) is 0.681. The molecule has 1 fully saturated rings. The van der Waals surface area contributed by atoms with E-state index in [1.165, 1.54) is 25.8 Å². The highest BCUT2D eigenvalue weighted by Gasteiger charge is 2.19. The fourth-order valence-electron chi connectivity index (χ4n) is 2.59. The van der Waals surface area contributed by atoms with Crippen molar-refractivity contribution in [1.82, 2.24) is 4.90 Å². The van der Waals surface area contributed by atoms with Crippen LogP contribution in [0.15, 0.2) is 24.3 Å². The number of nitrogens with zero attached hydrogens (tertiary/aromatic N) is 1. The van der Waals surface area contributed by atoms with Gasteiger partial charge in [0.15, 0.2) is 5.78 Å². The lowest BCUT2D eigenvalue weighted by molar-refractivity contribution is 0.101. The summed E-state index contributed by atoms with van der Waals surface area (Å²) in [6, 6.07) is 7.48. The van der Waals surface area contributed by atoms with Crippen LogP contribution in [0.2, 0.25) is 0 Å². The van der Waals surface area contributed by atoms with E-state index in [-0.39, 0.29) is 5.78 Å². The van der Waals surface area contributed by atoms with Gasteiger partial charge in [0.2, 0.25) is 0 Å². The maximum atomic E-state index is 11.5. The molecule has 0 saturated heterocycles.